The van der Waals surface area contributed by atoms with Gasteiger partial charge in [-0.3, -0.25) is 0 Å². The van der Waals surface area contributed by atoms with Crippen LogP contribution in [0.2, 0.25) is 0 Å². The number of hydrogen-bond acceptors (Lipinski definition) is 3. The van der Waals surface area contributed by atoms with Gasteiger partial charge in [0.15, 0.2) is 0 Å². The molecule has 0 aromatic carbocycles. The third-order valence-electron chi connectivity index (χ3n) is 5.55. The Morgan fingerprint density at radius 1 is 1.29 bits per heavy atom. The first kappa shape index (κ1) is 19.3. The number of hydrogen-bond donors (Lipinski definition) is 1. The lowest BCUT2D eigenvalue weighted by atomic mass is 9.67. The van der Waals surface area contributed by atoms with Crippen LogP contribution in [0.5, 0.6) is 0 Å². The highest BCUT2D eigenvalue weighted by Gasteiger charge is 2.36. The molecular weight excluding hydrogens is 276 g/mol. The lowest BCUT2D eigenvalue weighted by molar-refractivity contribution is 0.0873. The molecule has 0 bridgehead atoms. The summed E-state index contributed by atoms with van der Waals surface area (Å²) in [4.78, 5) is 2.62. The van der Waals surface area contributed by atoms with Crippen molar-refractivity contribution in [3.05, 3.63) is 0 Å². The summed E-state index contributed by atoms with van der Waals surface area (Å²) >= 11 is 1.98. The smallest absolute Gasteiger partial charge is 0.0180 e. The lowest BCUT2D eigenvalue weighted by Crippen LogP contribution is -2.47. The number of nitrogens with one attached hydrogen (secondary N) is 1. The van der Waals surface area contributed by atoms with Crippen LogP contribution >= 0.6 is 11.8 Å². The van der Waals surface area contributed by atoms with Gasteiger partial charge < -0.3 is 10.2 Å². The van der Waals surface area contributed by atoms with Crippen molar-refractivity contribution >= 4 is 11.8 Å². The van der Waals surface area contributed by atoms with Crippen molar-refractivity contribution in [3.63, 3.8) is 0 Å². The van der Waals surface area contributed by atoms with Crippen molar-refractivity contribution < 1.29 is 0 Å². The Bertz CT molecular complexity index is 287. The number of nitrogens with zero attached hydrogens (tertiary/aromatic N) is 1. The maximum Gasteiger partial charge on any atom is 0.0180 e. The van der Waals surface area contributed by atoms with Crippen LogP contribution in [0.25, 0.3) is 0 Å². The maximum absolute atomic E-state index is 3.59. The Kier molecular flexibility index (Phi) is 8.08. The van der Waals surface area contributed by atoms with E-state index in [4.69, 9.17) is 0 Å². The van der Waals surface area contributed by atoms with Gasteiger partial charge in [-0.05, 0) is 63.3 Å². The highest BCUT2D eigenvalue weighted by Crippen LogP contribution is 2.40. The summed E-state index contributed by atoms with van der Waals surface area (Å²) in [5.74, 6) is 2.93. The quantitative estimate of drug-likeness (QED) is 0.761. The van der Waals surface area contributed by atoms with Gasteiger partial charge in [0.25, 0.3) is 0 Å². The van der Waals surface area contributed by atoms with Crippen LogP contribution in [0.15, 0.2) is 0 Å². The van der Waals surface area contributed by atoms with E-state index in [1.165, 1.54) is 38.0 Å². The fraction of sp³-hybridized carbons (Fsp3) is 1.00. The molecule has 0 heterocycles. The Morgan fingerprint density at radius 3 is 2.43 bits per heavy atom. The highest BCUT2D eigenvalue weighted by atomic mass is 32.2. The monoisotopic (exact) mass is 314 g/mol. The van der Waals surface area contributed by atoms with Crippen LogP contribution in [0, 0.1) is 17.3 Å². The van der Waals surface area contributed by atoms with Gasteiger partial charge in [-0.1, -0.05) is 27.7 Å². The van der Waals surface area contributed by atoms with E-state index in [1.807, 2.05) is 11.8 Å². The van der Waals surface area contributed by atoms with Crippen LogP contribution < -0.4 is 5.32 Å². The standard InChI is InChI=1S/C18H38N2S/c1-8-16(13-21-7)20(6)12-14-11-15(18(2,3)4)9-10-17(14)19-5/h14-17,19H,8-13H2,1-7H3. The molecule has 126 valence electrons. The Balaban J connectivity index is 2.67. The van der Waals surface area contributed by atoms with Crippen molar-refractivity contribution in [2.75, 3.05) is 32.6 Å². The molecule has 1 saturated carbocycles. The molecule has 1 N–H and O–H groups in total. The summed E-state index contributed by atoms with van der Waals surface area (Å²) in [6, 6.07) is 1.44. The second kappa shape index (κ2) is 8.79. The van der Waals surface area contributed by atoms with Gasteiger partial charge in [-0.25, -0.2) is 0 Å². The van der Waals surface area contributed by atoms with E-state index in [2.05, 4.69) is 58.3 Å². The Labute approximate surface area is 137 Å². The van der Waals surface area contributed by atoms with Crippen molar-refractivity contribution in [3.8, 4) is 0 Å². The molecular formula is C18H38N2S. The van der Waals surface area contributed by atoms with Crippen molar-refractivity contribution in [2.24, 2.45) is 17.3 Å². The van der Waals surface area contributed by atoms with E-state index in [9.17, 15) is 0 Å². The highest BCUT2D eigenvalue weighted by molar-refractivity contribution is 7.98. The zero-order valence-electron chi connectivity index (χ0n) is 15.4. The third kappa shape index (κ3) is 5.76. The molecule has 21 heavy (non-hydrogen) atoms. The molecule has 1 aliphatic rings. The van der Waals surface area contributed by atoms with Gasteiger partial charge in [0, 0.05) is 24.4 Å². The first-order valence-corrected chi connectivity index (χ1v) is 10.1. The Hall–Kier alpha value is 0.270. The van der Waals surface area contributed by atoms with Gasteiger partial charge in [-0.15, -0.1) is 0 Å². The van der Waals surface area contributed by atoms with Gasteiger partial charge >= 0.3 is 0 Å². The zero-order chi connectivity index (χ0) is 16.0. The minimum Gasteiger partial charge on any atom is -0.317 e. The summed E-state index contributed by atoms with van der Waals surface area (Å²) in [7, 11) is 4.48. The molecule has 0 aliphatic heterocycles. The average Bonchev–Trinajstić information content (AvgIpc) is 2.43. The average molecular weight is 315 g/mol. The molecule has 2 nitrogen and oxygen atoms in total. The molecule has 0 aromatic rings. The molecule has 0 saturated heterocycles. The summed E-state index contributed by atoms with van der Waals surface area (Å²) in [5, 5.41) is 3.59. The van der Waals surface area contributed by atoms with E-state index in [-0.39, 0.29) is 0 Å². The fourth-order valence-electron chi connectivity index (χ4n) is 3.90. The second-order valence-corrected chi connectivity index (χ2v) is 8.90. The molecule has 4 unspecified atom stereocenters. The summed E-state index contributed by atoms with van der Waals surface area (Å²) in [6.45, 7) is 10.8. The van der Waals surface area contributed by atoms with E-state index in [0.29, 0.717) is 11.5 Å². The summed E-state index contributed by atoms with van der Waals surface area (Å²) in [6.07, 6.45) is 7.60. The normalized spacial score (nSPS) is 28.9. The molecule has 1 fully saturated rings. The van der Waals surface area contributed by atoms with Crippen molar-refractivity contribution in [2.45, 2.75) is 65.5 Å². The van der Waals surface area contributed by atoms with Crippen LogP contribution in [-0.2, 0) is 0 Å². The molecule has 3 heteroatoms. The van der Waals surface area contributed by atoms with Gasteiger partial charge in [0.05, 0.1) is 0 Å². The lowest BCUT2D eigenvalue weighted by Gasteiger charge is -2.44. The largest absolute Gasteiger partial charge is 0.317 e. The van der Waals surface area contributed by atoms with Crippen molar-refractivity contribution in [1.29, 1.82) is 0 Å². The van der Waals surface area contributed by atoms with Gasteiger partial charge in [0.1, 0.15) is 0 Å². The predicted octanol–water partition coefficient (Wildman–Crippen LogP) is 4.11. The SMILES string of the molecule is CCC(CSC)N(C)CC1CC(C(C)(C)C)CCC1NC. The van der Waals surface area contributed by atoms with E-state index < -0.39 is 0 Å². The topological polar surface area (TPSA) is 15.3 Å². The predicted molar refractivity (Wildman–Crippen MR) is 98.2 cm³/mol. The van der Waals surface area contributed by atoms with Crippen LogP contribution in [-0.4, -0.2) is 49.6 Å². The minimum absolute atomic E-state index is 0.457. The van der Waals surface area contributed by atoms with E-state index in [1.54, 1.807) is 0 Å². The zero-order valence-corrected chi connectivity index (χ0v) is 16.2. The molecule has 4 atom stereocenters. The van der Waals surface area contributed by atoms with Crippen LogP contribution in [0.4, 0.5) is 0 Å². The fourth-order valence-corrected chi connectivity index (χ4v) is 4.78. The Morgan fingerprint density at radius 2 is 1.95 bits per heavy atom. The minimum atomic E-state index is 0.457. The van der Waals surface area contributed by atoms with E-state index in [0.717, 1.165) is 17.9 Å². The first-order chi connectivity index (χ1) is 9.83. The molecule has 0 spiro atoms. The van der Waals surface area contributed by atoms with Crippen LogP contribution in [0.3, 0.4) is 0 Å². The summed E-state index contributed by atoms with van der Waals surface area (Å²) in [5.41, 5.74) is 0.457. The maximum atomic E-state index is 3.59. The molecule has 1 rings (SSSR count). The van der Waals surface area contributed by atoms with Gasteiger partial charge in [-0.2, -0.15) is 11.8 Å². The molecule has 0 aromatic heterocycles. The van der Waals surface area contributed by atoms with Crippen LogP contribution in [0.1, 0.15) is 53.4 Å². The molecule has 0 amide bonds. The van der Waals surface area contributed by atoms with Crippen molar-refractivity contribution in [1.82, 2.24) is 10.2 Å². The number of thioether (sulfide) groups is 1. The van der Waals surface area contributed by atoms with Gasteiger partial charge in [0.2, 0.25) is 0 Å². The van der Waals surface area contributed by atoms with E-state index >= 15 is 0 Å². The molecule has 0 radical (unpaired) electrons. The third-order valence-corrected chi connectivity index (χ3v) is 6.27. The number of rotatable bonds is 7. The second-order valence-electron chi connectivity index (χ2n) is 7.99. The summed E-state index contributed by atoms with van der Waals surface area (Å²) < 4.78 is 0. The molecule has 1 aliphatic carbocycles. The first-order valence-electron chi connectivity index (χ1n) is 8.69.